The van der Waals surface area contributed by atoms with Gasteiger partial charge < -0.3 is 14.2 Å². The van der Waals surface area contributed by atoms with Crippen molar-refractivity contribution in [2.24, 2.45) is 0 Å². The Bertz CT molecular complexity index is 548. The number of carbonyl (C=O) groups is 2. The number of carbonyl (C=O) groups excluding carboxylic acids is 2. The lowest BCUT2D eigenvalue weighted by molar-refractivity contribution is 0.130. The monoisotopic (exact) mass is 330 g/mol. The topological polar surface area (TPSA) is 85.9 Å². The van der Waals surface area contributed by atoms with Gasteiger partial charge in [0.2, 0.25) is 0 Å². The zero-order valence-electron chi connectivity index (χ0n) is 12.9. The fraction of sp³-hybridized carbons (Fsp3) is 0.429. The lowest BCUT2D eigenvalue weighted by Gasteiger charge is -2.15. The summed E-state index contributed by atoms with van der Waals surface area (Å²) in [6, 6.07) is 2.99. The van der Waals surface area contributed by atoms with Gasteiger partial charge in [0.1, 0.15) is 0 Å². The van der Waals surface area contributed by atoms with Gasteiger partial charge in [-0.2, -0.15) is 0 Å². The second kappa shape index (κ2) is 8.33. The second-order valence-electron chi connectivity index (χ2n) is 4.46. The molecule has 0 saturated heterocycles. The largest absolute Gasteiger partial charge is 0.490 e. The molecule has 0 atom stereocenters. The molecule has 7 nitrogen and oxygen atoms in total. The van der Waals surface area contributed by atoms with E-state index in [2.05, 4.69) is 15.4 Å². The molecule has 8 heteroatoms. The molecule has 122 valence electrons. The SMILES string of the molecule is CCOc1c(Cl)cc(NC(=O)OC(C)C)cc1NC(=O)OC. The zero-order chi connectivity index (χ0) is 16.7. The first-order chi connectivity index (χ1) is 10.4. The number of amides is 2. The number of rotatable bonds is 5. The molecule has 0 spiro atoms. The molecule has 2 amide bonds. The quantitative estimate of drug-likeness (QED) is 0.855. The van der Waals surface area contributed by atoms with Gasteiger partial charge in [0, 0.05) is 5.69 Å². The summed E-state index contributed by atoms with van der Waals surface area (Å²) >= 11 is 6.12. The number of methoxy groups -OCH3 is 1. The zero-order valence-corrected chi connectivity index (χ0v) is 13.6. The first-order valence-electron chi connectivity index (χ1n) is 6.66. The van der Waals surface area contributed by atoms with Crippen molar-refractivity contribution in [1.29, 1.82) is 0 Å². The van der Waals surface area contributed by atoms with E-state index in [0.717, 1.165) is 0 Å². The Morgan fingerprint density at radius 3 is 2.45 bits per heavy atom. The molecule has 1 aromatic carbocycles. The smallest absolute Gasteiger partial charge is 0.411 e. The molecule has 0 heterocycles. The fourth-order valence-electron chi connectivity index (χ4n) is 1.57. The van der Waals surface area contributed by atoms with Crippen LogP contribution in [-0.4, -0.2) is 32.0 Å². The van der Waals surface area contributed by atoms with Gasteiger partial charge in [-0.3, -0.25) is 10.6 Å². The van der Waals surface area contributed by atoms with E-state index in [1.165, 1.54) is 19.2 Å². The van der Waals surface area contributed by atoms with Crippen molar-refractivity contribution in [1.82, 2.24) is 0 Å². The fourth-order valence-corrected chi connectivity index (χ4v) is 1.85. The van der Waals surface area contributed by atoms with E-state index in [9.17, 15) is 9.59 Å². The maximum absolute atomic E-state index is 11.6. The van der Waals surface area contributed by atoms with Crippen LogP contribution in [0.25, 0.3) is 0 Å². The van der Waals surface area contributed by atoms with Crippen LogP contribution in [0, 0.1) is 0 Å². The lowest BCUT2D eigenvalue weighted by atomic mass is 10.2. The Hall–Kier alpha value is -2.15. The Labute approximate surface area is 133 Å². The molecule has 2 N–H and O–H groups in total. The van der Waals surface area contributed by atoms with Crippen LogP contribution in [0.5, 0.6) is 5.75 Å². The van der Waals surface area contributed by atoms with Crippen LogP contribution in [0.1, 0.15) is 20.8 Å². The average molecular weight is 331 g/mol. The maximum atomic E-state index is 11.6. The van der Waals surface area contributed by atoms with Gasteiger partial charge >= 0.3 is 12.2 Å². The highest BCUT2D eigenvalue weighted by atomic mass is 35.5. The molecular formula is C14H19ClN2O5. The lowest BCUT2D eigenvalue weighted by Crippen LogP contribution is -2.18. The number of anilines is 2. The van der Waals surface area contributed by atoms with Gasteiger partial charge in [0.15, 0.2) is 5.75 Å². The minimum atomic E-state index is -0.682. The standard InChI is InChI=1S/C14H19ClN2O5/c1-5-21-12-10(15)6-9(16-14(19)22-8(2)3)7-11(12)17-13(18)20-4/h6-8H,5H2,1-4H3,(H,16,19)(H,17,18). The highest BCUT2D eigenvalue weighted by Gasteiger charge is 2.15. The number of halogens is 1. The number of nitrogens with one attached hydrogen (secondary N) is 2. The minimum Gasteiger partial charge on any atom is -0.490 e. The van der Waals surface area contributed by atoms with Gasteiger partial charge in [0.25, 0.3) is 0 Å². The van der Waals surface area contributed by atoms with Gasteiger partial charge in [-0.05, 0) is 32.9 Å². The van der Waals surface area contributed by atoms with E-state index in [4.69, 9.17) is 21.1 Å². The molecule has 0 aromatic heterocycles. The Balaban J connectivity index is 3.05. The summed E-state index contributed by atoms with van der Waals surface area (Å²) < 4.78 is 14.9. The first-order valence-corrected chi connectivity index (χ1v) is 7.04. The third-order valence-corrected chi connectivity index (χ3v) is 2.62. The highest BCUT2D eigenvalue weighted by molar-refractivity contribution is 6.33. The van der Waals surface area contributed by atoms with Gasteiger partial charge in [-0.1, -0.05) is 11.6 Å². The van der Waals surface area contributed by atoms with Crippen LogP contribution in [-0.2, 0) is 9.47 Å². The van der Waals surface area contributed by atoms with E-state index in [0.29, 0.717) is 12.3 Å². The van der Waals surface area contributed by atoms with Crippen molar-refractivity contribution in [2.45, 2.75) is 26.9 Å². The van der Waals surface area contributed by atoms with Crippen LogP contribution in [0.3, 0.4) is 0 Å². The summed E-state index contributed by atoms with van der Waals surface area (Å²) in [5.41, 5.74) is 0.631. The molecule has 22 heavy (non-hydrogen) atoms. The molecule has 0 aliphatic heterocycles. The van der Waals surface area contributed by atoms with E-state index >= 15 is 0 Å². The van der Waals surface area contributed by atoms with Crippen LogP contribution in [0.15, 0.2) is 12.1 Å². The third-order valence-electron chi connectivity index (χ3n) is 2.34. The summed E-state index contributed by atoms with van der Waals surface area (Å²) in [7, 11) is 1.24. The van der Waals surface area contributed by atoms with Crippen LogP contribution >= 0.6 is 11.6 Å². The highest BCUT2D eigenvalue weighted by Crippen LogP contribution is 2.36. The normalized spacial score (nSPS) is 10.1. The number of ether oxygens (including phenoxy) is 3. The third kappa shape index (κ3) is 5.33. The van der Waals surface area contributed by atoms with Crippen molar-refractivity contribution in [3.63, 3.8) is 0 Å². The van der Waals surface area contributed by atoms with Crippen molar-refractivity contribution in [3.05, 3.63) is 17.2 Å². The van der Waals surface area contributed by atoms with Crippen LogP contribution in [0.2, 0.25) is 5.02 Å². The van der Waals surface area contributed by atoms with Crippen LogP contribution in [0.4, 0.5) is 21.0 Å². The Kier molecular flexibility index (Phi) is 6.78. The Morgan fingerprint density at radius 1 is 1.23 bits per heavy atom. The second-order valence-corrected chi connectivity index (χ2v) is 4.87. The average Bonchev–Trinajstić information content (AvgIpc) is 2.41. The van der Waals surface area contributed by atoms with Gasteiger partial charge in [-0.15, -0.1) is 0 Å². The molecular weight excluding hydrogens is 312 g/mol. The van der Waals surface area contributed by atoms with Crippen molar-refractivity contribution < 1.29 is 23.8 Å². The summed E-state index contributed by atoms with van der Waals surface area (Å²) in [5, 5.41) is 5.23. The molecule has 0 saturated carbocycles. The molecule has 0 aliphatic carbocycles. The molecule has 0 aliphatic rings. The van der Waals surface area contributed by atoms with E-state index in [1.807, 2.05) is 0 Å². The number of hydrogen-bond acceptors (Lipinski definition) is 5. The van der Waals surface area contributed by atoms with Crippen molar-refractivity contribution >= 4 is 35.2 Å². The minimum absolute atomic E-state index is 0.232. The van der Waals surface area contributed by atoms with Gasteiger partial charge in [0.05, 0.1) is 30.5 Å². The predicted molar refractivity (Wildman–Crippen MR) is 83.9 cm³/mol. The van der Waals surface area contributed by atoms with E-state index in [1.54, 1.807) is 20.8 Å². The summed E-state index contributed by atoms with van der Waals surface area (Å²) in [4.78, 5) is 23.0. The molecule has 0 radical (unpaired) electrons. The first kappa shape index (κ1) is 17.9. The predicted octanol–water partition coefficient (Wildman–Crippen LogP) is 3.87. The number of hydrogen-bond donors (Lipinski definition) is 2. The molecule has 0 bridgehead atoms. The number of benzene rings is 1. The maximum Gasteiger partial charge on any atom is 0.411 e. The molecule has 0 unspecified atom stereocenters. The molecule has 1 aromatic rings. The summed E-state index contributed by atoms with van der Waals surface area (Å²) in [5.74, 6) is 0.289. The Morgan fingerprint density at radius 2 is 1.91 bits per heavy atom. The summed E-state index contributed by atoms with van der Waals surface area (Å²) in [6.45, 7) is 5.60. The summed E-state index contributed by atoms with van der Waals surface area (Å²) in [6.07, 6.45) is -1.57. The van der Waals surface area contributed by atoms with E-state index in [-0.39, 0.29) is 22.6 Å². The molecule has 0 fully saturated rings. The van der Waals surface area contributed by atoms with Crippen molar-refractivity contribution in [3.8, 4) is 5.75 Å². The van der Waals surface area contributed by atoms with Gasteiger partial charge in [-0.25, -0.2) is 9.59 Å². The van der Waals surface area contributed by atoms with Crippen LogP contribution < -0.4 is 15.4 Å². The molecule has 1 rings (SSSR count). The van der Waals surface area contributed by atoms with Crippen molar-refractivity contribution in [2.75, 3.05) is 24.4 Å². The van der Waals surface area contributed by atoms with E-state index < -0.39 is 12.2 Å².